The summed E-state index contributed by atoms with van der Waals surface area (Å²) in [5.41, 5.74) is 3.26. The van der Waals surface area contributed by atoms with Gasteiger partial charge in [-0.1, -0.05) is 6.07 Å². The van der Waals surface area contributed by atoms with Crippen LogP contribution in [0.3, 0.4) is 0 Å². The minimum atomic E-state index is 0.0357. The maximum Gasteiger partial charge on any atom is 0.317 e. The third-order valence-corrected chi connectivity index (χ3v) is 4.08. The van der Waals surface area contributed by atoms with E-state index in [9.17, 15) is 4.79 Å². The van der Waals surface area contributed by atoms with Gasteiger partial charge in [-0.25, -0.2) is 4.79 Å². The Balaban J connectivity index is 1.86. The number of carbonyl (C=O) groups is 1. The highest BCUT2D eigenvalue weighted by Crippen LogP contribution is 2.10. The highest BCUT2D eigenvalue weighted by molar-refractivity contribution is 7.99. The summed E-state index contributed by atoms with van der Waals surface area (Å²) in [6.07, 6.45) is 1.83. The van der Waals surface area contributed by atoms with Gasteiger partial charge in [0.05, 0.1) is 0 Å². The van der Waals surface area contributed by atoms with Gasteiger partial charge in [0.25, 0.3) is 0 Å². The summed E-state index contributed by atoms with van der Waals surface area (Å²) in [6, 6.07) is 2.11. The number of carbonyl (C=O) groups excluding carboxylic acids is 1. The molecular formula is C13H19N3OS. The standard InChI is InChI=1S/C13H19N3OS/c1-10-7-12(8-14-11(10)2)9-15-13(17)16-3-5-18-6-4-16/h7-8H,3-6,9H2,1-2H3,(H,15,17). The molecule has 2 rings (SSSR count). The summed E-state index contributed by atoms with van der Waals surface area (Å²) >= 11 is 1.90. The number of hydrogen-bond acceptors (Lipinski definition) is 3. The summed E-state index contributed by atoms with van der Waals surface area (Å²) < 4.78 is 0. The smallest absolute Gasteiger partial charge is 0.317 e. The number of nitrogens with one attached hydrogen (secondary N) is 1. The summed E-state index contributed by atoms with van der Waals surface area (Å²) in [5.74, 6) is 2.08. The van der Waals surface area contributed by atoms with Gasteiger partial charge in [-0.15, -0.1) is 0 Å². The van der Waals surface area contributed by atoms with Gasteiger partial charge in [0, 0.05) is 43.0 Å². The fourth-order valence-electron chi connectivity index (χ4n) is 1.85. The minimum Gasteiger partial charge on any atom is -0.334 e. The predicted octanol–water partition coefficient (Wildman–Crippen LogP) is 1.96. The molecule has 18 heavy (non-hydrogen) atoms. The van der Waals surface area contributed by atoms with Crippen LogP contribution in [-0.4, -0.2) is 40.5 Å². The van der Waals surface area contributed by atoms with Crippen LogP contribution in [0.25, 0.3) is 0 Å². The zero-order valence-corrected chi connectivity index (χ0v) is 11.7. The molecule has 98 valence electrons. The third kappa shape index (κ3) is 3.38. The van der Waals surface area contributed by atoms with Crippen molar-refractivity contribution in [2.24, 2.45) is 0 Å². The molecule has 1 saturated heterocycles. The molecule has 1 fully saturated rings. The number of hydrogen-bond donors (Lipinski definition) is 1. The molecular weight excluding hydrogens is 246 g/mol. The number of aryl methyl sites for hydroxylation is 2. The van der Waals surface area contributed by atoms with Gasteiger partial charge in [-0.2, -0.15) is 11.8 Å². The Hall–Kier alpha value is -1.23. The molecule has 0 spiro atoms. The first-order chi connectivity index (χ1) is 8.66. The van der Waals surface area contributed by atoms with E-state index < -0.39 is 0 Å². The van der Waals surface area contributed by atoms with Crippen molar-refractivity contribution in [3.63, 3.8) is 0 Å². The molecule has 1 N–H and O–H groups in total. The highest BCUT2D eigenvalue weighted by atomic mass is 32.2. The first kappa shape index (κ1) is 13.2. The van der Waals surface area contributed by atoms with E-state index in [0.29, 0.717) is 6.54 Å². The van der Waals surface area contributed by atoms with Gasteiger partial charge in [0.15, 0.2) is 0 Å². The van der Waals surface area contributed by atoms with Gasteiger partial charge in [0.2, 0.25) is 0 Å². The Morgan fingerprint density at radius 1 is 1.44 bits per heavy atom. The summed E-state index contributed by atoms with van der Waals surface area (Å²) in [7, 11) is 0. The Labute approximate surface area is 112 Å². The fraction of sp³-hybridized carbons (Fsp3) is 0.538. The lowest BCUT2D eigenvalue weighted by Crippen LogP contribution is -2.44. The van der Waals surface area contributed by atoms with Crippen molar-refractivity contribution in [2.75, 3.05) is 24.6 Å². The third-order valence-electron chi connectivity index (χ3n) is 3.14. The van der Waals surface area contributed by atoms with Gasteiger partial charge in [0.1, 0.15) is 0 Å². The van der Waals surface area contributed by atoms with Crippen LogP contribution in [0.4, 0.5) is 4.79 Å². The van der Waals surface area contributed by atoms with Crippen LogP contribution >= 0.6 is 11.8 Å². The van der Waals surface area contributed by atoms with Crippen molar-refractivity contribution in [1.29, 1.82) is 0 Å². The lowest BCUT2D eigenvalue weighted by molar-refractivity contribution is 0.202. The van der Waals surface area contributed by atoms with E-state index in [2.05, 4.69) is 16.4 Å². The summed E-state index contributed by atoms with van der Waals surface area (Å²) in [4.78, 5) is 18.1. The van der Waals surface area contributed by atoms with E-state index in [-0.39, 0.29) is 6.03 Å². The van der Waals surface area contributed by atoms with Crippen LogP contribution in [-0.2, 0) is 6.54 Å². The van der Waals surface area contributed by atoms with Crippen LogP contribution in [0.1, 0.15) is 16.8 Å². The number of thioether (sulfide) groups is 1. The molecule has 0 radical (unpaired) electrons. The molecule has 1 aromatic heterocycles. The van der Waals surface area contributed by atoms with Crippen molar-refractivity contribution >= 4 is 17.8 Å². The molecule has 0 unspecified atom stereocenters. The fourth-order valence-corrected chi connectivity index (χ4v) is 2.76. The van der Waals surface area contributed by atoms with E-state index in [1.165, 1.54) is 0 Å². The van der Waals surface area contributed by atoms with Crippen molar-refractivity contribution < 1.29 is 4.79 Å². The van der Waals surface area contributed by atoms with Gasteiger partial charge < -0.3 is 10.2 Å². The molecule has 2 heterocycles. The lowest BCUT2D eigenvalue weighted by Gasteiger charge is -2.26. The normalized spacial score (nSPS) is 15.6. The molecule has 0 saturated carbocycles. The maximum atomic E-state index is 11.9. The Morgan fingerprint density at radius 2 is 2.17 bits per heavy atom. The molecule has 2 amide bonds. The van der Waals surface area contributed by atoms with E-state index in [1.807, 2.05) is 36.7 Å². The molecule has 4 nitrogen and oxygen atoms in total. The molecule has 0 bridgehead atoms. The van der Waals surface area contributed by atoms with Crippen molar-refractivity contribution in [1.82, 2.24) is 15.2 Å². The van der Waals surface area contributed by atoms with Crippen molar-refractivity contribution in [2.45, 2.75) is 20.4 Å². The van der Waals surface area contributed by atoms with Crippen LogP contribution < -0.4 is 5.32 Å². The van der Waals surface area contributed by atoms with Crippen LogP contribution in [0.15, 0.2) is 12.3 Å². The number of aromatic nitrogens is 1. The number of pyridine rings is 1. The SMILES string of the molecule is Cc1cc(CNC(=O)N2CCSCC2)cnc1C. The Bertz CT molecular complexity index is 430. The first-order valence-corrected chi connectivity index (χ1v) is 7.35. The number of amides is 2. The maximum absolute atomic E-state index is 11.9. The largest absolute Gasteiger partial charge is 0.334 e. The predicted molar refractivity (Wildman–Crippen MR) is 74.8 cm³/mol. The highest BCUT2D eigenvalue weighted by Gasteiger charge is 2.15. The molecule has 0 aliphatic carbocycles. The van der Waals surface area contributed by atoms with Crippen LogP contribution in [0, 0.1) is 13.8 Å². The van der Waals surface area contributed by atoms with Crippen molar-refractivity contribution in [3.8, 4) is 0 Å². The van der Waals surface area contributed by atoms with E-state index >= 15 is 0 Å². The van der Waals surface area contributed by atoms with Gasteiger partial charge in [-0.3, -0.25) is 4.98 Å². The number of rotatable bonds is 2. The van der Waals surface area contributed by atoms with Crippen LogP contribution in [0.5, 0.6) is 0 Å². The average Bonchev–Trinajstić information content (AvgIpc) is 2.41. The topological polar surface area (TPSA) is 45.2 Å². The molecule has 1 aromatic rings. The molecule has 1 aliphatic rings. The zero-order valence-electron chi connectivity index (χ0n) is 10.9. The van der Waals surface area contributed by atoms with Crippen molar-refractivity contribution in [3.05, 3.63) is 29.1 Å². The molecule has 5 heteroatoms. The van der Waals surface area contributed by atoms with E-state index in [1.54, 1.807) is 0 Å². The number of nitrogens with zero attached hydrogens (tertiary/aromatic N) is 2. The molecule has 0 atom stereocenters. The second kappa shape index (κ2) is 6.09. The monoisotopic (exact) mass is 265 g/mol. The lowest BCUT2D eigenvalue weighted by atomic mass is 10.1. The Morgan fingerprint density at radius 3 is 2.83 bits per heavy atom. The van der Waals surface area contributed by atoms with E-state index in [4.69, 9.17) is 0 Å². The van der Waals surface area contributed by atoms with Gasteiger partial charge in [-0.05, 0) is 25.0 Å². The second-order valence-electron chi connectivity index (χ2n) is 4.50. The number of urea groups is 1. The average molecular weight is 265 g/mol. The van der Waals surface area contributed by atoms with Gasteiger partial charge >= 0.3 is 6.03 Å². The first-order valence-electron chi connectivity index (χ1n) is 6.19. The summed E-state index contributed by atoms with van der Waals surface area (Å²) in [6.45, 7) is 6.28. The Kier molecular flexibility index (Phi) is 4.47. The van der Waals surface area contributed by atoms with Crippen LogP contribution in [0.2, 0.25) is 0 Å². The second-order valence-corrected chi connectivity index (χ2v) is 5.73. The molecule has 1 aliphatic heterocycles. The summed E-state index contributed by atoms with van der Waals surface area (Å²) in [5, 5.41) is 2.95. The molecule has 0 aromatic carbocycles. The van der Waals surface area contributed by atoms with E-state index in [0.717, 1.165) is 41.4 Å². The quantitative estimate of drug-likeness (QED) is 0.889. The minimum absolute atomic E-state index is 0.0357. The zero-order chi connectivity index (χ0) is 13.0.